The first kappa shape index (κ1) is 31.9. The maximum atomic E-state index is 11.5. The normalized spacial score (nSPS) is 21.8. The number of hydrogen-bond acceptors (Lipinski definition) is 7. The first-order chi connectivity index (χ1) is 22.1. The van der Waals surface area contributed by atoms with Crippen molar-refractivity contribution in [2.75, 3.05) is 13.7 Å². The average Bonchev–Trinajstić information content (AvgIpc) is 3.02. The summed E-state index contributed by atoms with van der Waals surface area (Å²) in [5.41, 5.74) is 18.0. The van der Waals surface area contributed by atoms with Gasteiger partial charge in [0.15, 0.2) is 17.5 Å². The van der Waals surface area contributed by atoms with E-state index >= 15 is 0 Å². The Kier molecular flexibility index (Phi) is 9.22. The Hall–Kier alpha value is -4.11. The fraction of sp³-hybridized carbons (Fsp3) is 0.486. The summed E-state index contributed by atoms with van der Waals surface area (Å²) in [5, 5.41) is 33.0. The summed E-state index contributed by atoms with van der Waals surface area (Å²) in [5.74, 6) is 2.96. The molecule has 3 aliphatic rings. The minimum Gasteiger partial charge on any atom is -0.508 e. The van der Waals surface area contributed by atoms with E-state index in [0.717, 1.165) is 90.3 Å². The second-order valence-corrected chi connectivity index (χ2v) is 13.5. The highest BCUT2D eigenvalue weighted by Gasteiger charge is 2.36. The van der Waals surface area contributed by atoms with E-state index < -0.39 is 12.2 Å². The molecular weight excluding hydrogens is 582 g/mol. The number of benzene rings is 3. The van der Waals surface area contributed by atoms with Gasteiger partial charge in [-0.25, -0.2) is 0 Å². The average molecular weight is 630 g/mol. The Bertz CT molecular complexity index is 1620. The lowest BCUT2D eigenvalue weighted by Crippen LogP contribution is -2.32. The van der Waals surface area contributed by atoms with Gasteiger partial charge in [0.2, 0.25) is 0 Å². The molecule has 0 radical (unpaired) electrons. The first-order valence-electron chi connectivity index (χ1n) is 16.6. The lowest BCUT2D eigenvalue weighted by atomic mass is 9.79. The van der Waals surface area contributed by atoms with Crippen molar-refractivity contribution in [1.29, 1.82) is 0 Å². The highest BCUT2D eigenvalue weighted by Crippen LogP contribution is 2.50. The zero-order valence-corrected chi connectivity index (χ0v) is 27.1. The number of aliphatic imine (C=N–C) groups is 1. The first-order valence-corrected chi connectivity index (χ1v) is 16.6. The molecule has 0 unspecified atom stereocenters. The fourth-order valence-electron chi connectivity index (χ4n) is 7.57. The summed E-state index contributed by atoms with van der Waals surface area (Å²) in [4.78, 5) is 4.15. The predicted molar refractivity (Wildman–Crippen MR) is 179 cm³/mol. The highest BCUT2D eigenvalue weighted by atomic mass is 16.5. The Morgan fingerprint density at radius 1 is 1.00 bits per heavy atom. The molecule has 2 aliphatic carbocycles. The number of ether oxygens (including phenoxy) is 3. The topological polar surface area (TPSA) is 153 Å². The van der Waals surface area contributed by atoms with Gasteiger partial charge in [0, 0.05) is 30.2 Å². The van der Waals surface area contributed by atoms with Gasteiger partial charge in [-0.2, -0.15) is 0 Å². The number of phenolic OH excluding ortho intramolecular Hbond substituents is 2. The minimum absolute atomic E-state index is 0.0558. The van der Waals surface area contributed by atoms with Crippen LogP contribution in [0.25, 0.3) is 11.1 Å². The van der Waals surface area contributed by atoms with Gasteiger partial charge in [-0.05, 0) is 109 Å². The second-order valence-electron chi connectivity index (χ2n) is 13.5. The van der Waals surface area contributed by atoms with Crippen LogP contribution in [0.2, 0.25) is 0 Å². The number of aliphatic hydroxyl groups is 1. The van der Waals surface area contributed by atoms with Crippen LogP contribution < -0.4 is 25.7 Å². The number of hydrogen-bond donors (Lipinski definition) is 5. The molecule has 0 aromatic heterocycles. The molecule has 0 bridgehead atoms. The van der Waals surface area contributed by atoms with Crippen LogP contribution in [0.4, 0.5) is 0 Å². The third kappa shape index (κ3) is 6.43. The number of aryl methyl sites for hydroxylation is 1. The van der Waals surface area contributed by atoms with E-state index in [9.17, 15) is 15.3 Å². The maximum Gasteiger partial charge on any atom is 0.185 e. The fourth-order valence-corrected chi connectivity index (χ4v) is 7.57. The molecule has 9 nitrogen and oxygen atoms in total. The molecule has 6 rings (SSSR count). The summed E-state index contributed by atoms with van der Waals surface area (Å²) in [7, 11) is 1.67. The standard InChI is InChI=1S/C37H47N3O6/c1-20(2)14-24-15-26-22(16-29(24)42)8-10-25-27-18-30(43)36(46-32(27)19-34(44-3)35(25)26)23-9-11-28(41)33(17-23)45-31-7-5-4-6-21(31)12-13-40-37(38)39/h9,11,15-17,19-21,30-31,36,41-43H,4-8,10,12-14,18H2,1-3H3,(H4,38,39,40)/t21-,30-,31-,36+/m1/s1. The van der Waals surface area contributed by atoms with Crippen molar-refractivity contribution >= 4 is 5.96 Å². The van der Waals surface area contributed by atoms with Gasteiger partial charge >= 0.3 is 0 Å². The summed E-state index contributed by atoms with van der Waals surface area (Å²) < 4.78 is 18.9. The predicted octanol–water partition coefficient (Wildman–Crippen LogP) is 5.71. The van der Waals surface area contributed by atoms with Crippen molar-refractivity contribution in [1.82, 2.24) is 0 Å². The van der Waals surface area contributed by atoms with Gasteiger partial charge in [-0.15, -0.1) is 0 Å². The van der Waals surface area contributed by atoms with Crippen molar-refractivity contribution < 1.29 is 29.5 Å². The van der Waals surface area contributed by atoms with Crippen molar-refractivity contribution in [2.45, 2.75) is 89.9 Å². The van der Waals surface area contributed by atoms with Crippen LogP contribution in [0.15, 0.2) is 41.4 Å². The van der Waals surface area contributed by atoms with E-state index in [-0.39, 0.29) is 23.7 Å². The van der Waals surface area contributed by atoms with Crippen molar-refractivity contribution in [2.24, 2.45) is 28.3 Å². The van der Waals surface area contributed by atoms with Gasteiger partial charge in [-0.1, -0.05) is 26.3 Å². The molecule has 246 valence electrons. The second kappa shape index (κ2) is 13.3. The lowest BCUT2D eigenvalue weighted by Gasteiger charge is -2.35. The number of aromatic hydroxyl groups is 2. The monoisotopic (exact) mass is 629 g/mol. The molecule has 3 aromatic carbocycles. The van der Waals surface area contributed by atoms with Crippen molar-refractivity contribution in [3.8, 4) is 39.9 Å². The van der Waals surface area contributed by atoms with Gasteiger partial charge in [-0.3, -0.25) is 4.99 Å². The molecule has 0 spiro atoms. The Morgan fingerprint density at radius 3 is 2.57 bits per heavy atom. The molecule has 9 heteroatoms. The molecular formula is C37H47N3O6. The zero-order chi connectivity index (χ0) is 32.5. The Labute approximate surface area is 271 Å². The number of fused-ring (bicyclic) bond motifs is 5. The lowest BCUT2D eigenvalue weighted by molar-refractivity contribution is 0.0199. The highest BCUT2D eigenvalue weighted by molar-refractivity contribution is 5.82. The number of phenols is 2. The summed E-state index contributed by atoms with van der Waals surface area (Å²) in [6, 6.07) is 11.1. The van der Waals surface area contributed by atoms with E-state index in [2.05, 4.69) is 24.9 Å². The molecule has 7 N–H and O–H groups in total. The molecule has 1 fully saturated rings. The van der Waals surface area contributed by atoms with Crippen LogP contribution in [-0.2, 0) is 25.7 Å². The summed E-state index contributed by atoms with van der Waals surface area (Å²) >= 11 is 0. The number of nitrogens with two attached hydrogens (primary N) is 2. The zero-order valence-electron chi connectivity index (χ0n) is 27.1. The van der Waals surface area contributed by atoms with E-state index in [1.807, 2.05) is 12.1 Å². The smallest absolute Gasteiger partial charge is 0.185 e. The largest absolute Gasteiger partial charge is 0.508 e. The van der Waals surface area contributed by atoms with Gasteiger partial charge in [0.1, 0.15) is 29.5 Å². The van der Waals surface area contributed by atoms with Crippen LogP contribution in [0, 0.1) is 11.8 Å². The third-order valence-electron chi connectivity index (χ3n) is 9.78. The van der Waals surface area contributed by atoms with Crippen LogP contribution in [0.5, 0.6) is 28.7 Å². The molecule has 0 amide bonds. The van der Waals surface area contributed by atoms with Crippen molar-refractivity contribution in [3.05, 3.63) is 64.2 Å². The van der Waals surface area contributed by atoms with E-state index in [4.69, 9.17) is 25.7 Å². The Morgan fingerprint density at radius 2 is 1.80 bits per heavy atom. The van der Waals surface area contributed by atoms with Crippen molar-refractivity contribution in [3.63, 3.8) is 0 Å². The van der Waals surface area contributed by atoms with E-state index in [1.54, 1.807) is 25.3 Å². The van der Waals surface area contributed by atoms with Gasteiger partial charge in [0.25, 0.3) is 0 Å². The maximum absolute atomic E-state index is 11.5. The minimum atomic E-state index is -0.804. The molecule has 0 saturated heterocycles. The Balaban J connectivity index is 1.28. The number of aliphatic hydroxyl groups excluding tert-OH is 1. The van der Waals surface area contributed by atoms with E-state index in [0.29, 0.717) is 41.9 Å². The molecule has 1 saturated carbocycles. The molecule has 46 heavy (non-hydrogen) atoms. The van der Waals surface area contributed by atoms with Crippen LogP contribution in [-0.4, -0.2) is 47.1 Å². The summed E-state index contributed by atoms with van der Waals surface area (Å²) in [6.07, 6.45) is 6.12. The SMILES string of the molecule is COc1cc2c(c3c1-c1cc(CC(C)C)c(O)cc1CC3)C[C@@H](O)[C@H](c1ccc(O)c(O[C@@H]3CCCC[C@@H]3CCN=C(N)N)c1)O2. The number of methoxy groups -OCH3 is 1. The number of nitrogens with zero attached hydrogens (tertiary/aromatic N) is 1. The third-order valence-corrected chi connectivity index (χ3v) is 9.78. The molecule has 3 aromatic rings. The van der Waals surface area contributed by atoms with E-state index in [1.165, 1.54) is 0 Å². The quantitative estimate of drug-likeness (QED) is 0.149. The van der Waals surface area contributed by atoms with Crippen LogP contribution in [0.3, 0.4) is 0 Å². The number of guanidine groups is 1. The van der Waals surface area contributed by atoms with Crippen LogP contribution in [0.1, 0.15) is 79.9 Å². The number of rotatable bonds is 9. The van der Waals surface area contributed by atoms with Crippen LogP contribution >= 0.6 is 0 Å². The van der Waals surface area contributed by atoms with Gasteiger partial charge < -0.3 is 41.0 Å². The molecule has 4 atom stereocenters. The van der Waals surface area contributed by atoms with Gasteiger partial charge in [0.05, 0.1) is 13.2 Å². The molecule has 1 aliphatic heterocycles. The molecule has 1 heterocycles. The summed E-state index contributed by atoms with van der Waals surface area (Å²) in [6.45, 7) is 4.83.